The molecule has 0 spiro atoms. The maximum absolute atomic E-state index is 6.32. The van der Waals surface area contributed by atoms with Gasteiger partial charge in [0.25, 0.3) is 0 Å². The van der Waals surface area contributed by atoms with Crippen molar-refractivity contribution >= 4 is 5.82 Å². The largest absolute Gasteiger partial charge is 0.485 e. The monoisotopic (exact) mass is 349 g/mol. The van der Waals surface area contributed by atoms with Crippen LogP contribution in [0, 0.1) is 0 Å². The molecular weight excluding hydrogens is 318 g/mol. The van der Waals surface area contributed by atoms with Gasteiger partial charge in [0.05, 0.1) is 0 Å². The molecule has 2 aliphatic heterocycles. The third-order valence-corrected chi connectivity index (χ3v) is 4.79. The molecule has 2 aliphatic rings. The van der Waals surface area contributed by atoms with Crippen LogP contribution in [0.15, 0.2) is 18.3 Å². The second kappa shape index (κ2) is 9.36. The minimum absolute atomic E-state index is 0.146. The molecule has 6 nitrogen and oxygen atoms in total. The fourth-order valence-corrected chi connectivity index (χ4v) is 3.62. The van der Waals surface area contributed by atoms with E-state index in [9.17, 15) is 0 Å². The van der Waals surface area contributed by atoms with E-state index in [0.29, 0.717) is 13.2 Å². The smallest absolute Gasteiger partial charge is 0.171 e. The summed E-state index contributed by atoms with van der Waals surface area (Å²) in [6, 6.07) is 4.01. The molecule has 0 aromatic carbocycles. The molecule has 0 amide bonds. The lowest BCUT2D eigenvalue weighted by Crippen LogP contribution is -2.35. The number of rotatable bonds is 9. The molecule has 0 bridgehead atoms. The van der Waals surface area contributed by atoms with Crippen molar-refractivity contribution < 1.29 is 14.2 Å². The molecule has 3 rings (SSSR count). The Bertz CT molecular complexity index is 516. The summed E-state index contributed by atoms with van der Waals surface area (Å²) in [5.41, 5.74) is 0. The molecule has 1 atom stereocenters. The zero-order valence-corrected chi connectivity index (χ0v) is 15.5. The van der Waals surface area contributed by atoms with Crippen molar-refractivity contribution in [3.63, 3.8) is 0 Å². The van der Waals surface area contributed by atoms with E-state index in [1.54, 1.807) is 0 Å². The zero-order valence-electron chi connectivity index (χ0n) is 15.5. The van der Waals surface area contributed by atoms with Gasteiger partial charge in [0, 0.05) is 52.1 Å². The van der Waals surface area contributed by atoms with Gasteiger partial charge in [0.2, 0.25) is 0 Å². The van der Waals surface area contributed by atoms with Crippen LogP contribution in [0.4, 0.5) is 5.82 Å². The molecule has 0 unspecified atom stereocenters. The Hall–Kier alpha value is -1.37. The van der Waals surface area contributed by atoms with E-state index in [1.165, 1.54) is 12.8 Å². The van der Waals surface area contributed by atoms with Crippen LogP contribution in [-0.2, 0) is 9.47 Å². The number of pyridine rings is 1. The normalized spacial score (nSPS) is 21.4. The summed E-state index contributed by atoms with van der Waals surface area (Å²) < 4.78 is 17.6. The molecule has 0 saturated carbocycles. The number of aromatic nitrogens is 1. The second-order valence-electron chi connectivity index (χ2n) is 6.65. The first kappa shape index (κ1) is 18.4. The van der Waals surface area contributed by atoms with Crippen LogP contribution in [0.25, 0.3) is 0 Å². The standard InChI is InChI=1S/C19H31N3O3/c1-3-23-18(24-4-2)15-21-13-9-16(14-21)25-17-8-7-10-20-19(17)22-11-5-6-12-22/h7-8,10,16,18H,3-6,9,11-15H2,1-2H3/t16-/m1/s1. The molecule has 140 valence electrons. The molecule has 1 aromatic heterocycles. The number of likely N-dealkylation sites (tertiary alicyclic amines) is 1. The Balaban J connectivity index is 1.55. The van der Waals surface area contributed by atoms with E-state index in [4.69, 9.17) is 14.2 Å². The second-order valence-corrected chi connectivity index (χ2v) is 6.65. The van der Waals surface area contributed by atoms with E-state index in [1.807, 2.05) is 32.2 Å². The predicted molar refractivity (Wildman–Crippen MR) is 98.2 cm³/mol. The van der Waals surface area contributed by atoms with Gasteiger partial charge >= 0.3 is 0 Å². The first-order chi connectivity index (χ1) is 12.3. The molecule has 0 N–H and O–H groups in total. The van der Waals surface area contributed by atoms with Gasteiger partial charge in [0.1, 0.15) is 6.10 Å². The first-order valence-electron chi connectivity index (χ1n) is 9.62. The topological polar surface area (TPSA) is 47.1 Å². The third-order valence-electron chi connectivity index (χ3n) is 4.79. The summed E-state index contributed by atoms with van der Waals surface area (Å²) in [7, 11) is 0. The summed E-state index contributed by atoms with van der Waals surface area (Å²) in [6.45, 7) is 10.2. The Morgan fingerprint density at radius 3 is 2.64 bits per heavy atom. The fraction of sp³-hybridized carbons (Fsp3) is 0.737. The minimum atomic E-state index is -0.146. The molecule has 0 radical (unpaired) electrons. The van der Waals surface area contributed by atoms with Crippen molar-refractivity contribution in [3.05, 3.63) is 18.3 Å². The highest BCUT2D eigenvalue weighted by atomic mass is 16.7. The minimum Gasteiger partial charge on any atom is -0.485 e. The fourth-order valence-electron chi connectivity index (χ4n) is 3.62. The highest BCUT2D eigenvalue weighted by Crippen LogP contribution is 2.30. The van der Waals surface area contributed by atoms with Gasteiger partial charge in [-0.25, -0.2) is 4.98 Å². The average Bonchev–Trinajstić information content (AvgIpc) is 3.28. The Morgan fingerprint density at radius 1 is 1.16 bits per heavy atom. The first-order valence-corrected chi connectivity index (χ1v) is 9.62. The van der Waals surface area contributed by atoms with Crippen LogP contribution in [0.5, 0.6) is 5.75 Å². The quantitative estimate of drug-likeness (QED) is 0.639. The number of hydrogen-bond acceptors (Lipinski definition) is 6. The van der Waals surface area contributed by atoms with Gasteiger partial charge in [-0.1, -0.05) is 0 Å². The Labute approximate surface area is 151 Å². The van der Waals surface area contributed by atoms with Crippen molar-refractivity contribution in [1.82, 2.24) is 9.88 Å². The molecule has 0 aliphatic carbocycles. The average molecular weight is 349 g/mol. The lowest BCUT2D eigenvalue weighted by atomic mass is 10.3. The van der Waals surface area contributed by atoms with Crippen molar-refractivity contribution in [3.8, 4) is 5.75 Å². The molecule has 6 heteroatoms. The van der Waals surface area contributed by atoms with Gasteiger partial charge in [-0.3, -0.25) is 4.90 Å². The van der Waals surface area contributed by atoms with E-state index in [2.05, 4.69) is 14.8 Å². The van der Waals surface area contributed by atoms with Crippen molar-refractivity contribution in [2.75, 3.05) is 50.8 Å². The van der Waals surface area contributed by atoms with Crippen LogP contribution in [0.2, 0.25) is 0 Å². The molecule has 3 heterocycles. The number of hydrogen-bond donors (Lipinski definition) is 0. The SMILES string of the molecule is CCOC(CN1CC[C@@H](Oc2cccnc2N2CCCC2)C1)OCC. The maximum atomic E-state index is 6.32. The van der Waals surface area contributed by atoms with Crippen LogP contribution < -0.4 is 9.64 Å². The molecule has 2 saturated heterocycles. The van der Waals surface area contributed by atoms with Crippen LogP contribution in [0.3, 0.4) is 0 Å². The summed E-state index contributed by atoms with van der Waals surface area (Å²) in [5, 5.41) is 0. The van der Waals surface area contributed by atoms with Gasteiger partial charge in [-0.15, -0.1) is 0 Å². The highest BCUT2D eigenvalue weighted by Gasteiger charge is 2.28. The van der Waals surface area contributed by atoms with Crippen LogP contribution >= 0.6 is 0 Å². The number of nitrogens with zero attached hydrogens (tertiary/aromatic N) is 3. The van der Waals surface area contributed by atoms with Crippen molar-refractivity contribution in [2.24, 2.45) is 0 Å². The lowest BCUT2D eigenvalue weighted by molar-refractivity contribution is -0.145. The molecule has 25 heavy (non-hydrogen) atoms. The lowest BCUT2D eigenvalue weighted by Gasteiger charge is -2.24. The zero-order chi connectivity index (χ0) is 17.5. The van der Waals surface area contributed by atoms with E-state index < -0.39 is 0 Å². The van der Waals surface area contributed by atoms with Gasteiger partial charge in [-0.2, -0.15) is 0 Å². The maximum Gasteiger partial charge on any atom is 0.171 e. The summed E-state index contributed by atoms with van der Waals surface area (Å²) in [4.78, 5) is 9.27. The van der Waals surface area contributed by atoms with E-state index in [0.717, 1.165) is 50.7 Å². The summed E-state index contributed by atoms with van der Waals surface area (Å²) >= 11 is 0. The van der Waals surface area contributed by atoms with E-state index >= 15 is 0 Å². The number of ether oxygens (including phenoxy) is 3. The van der Waals surface area contributed by atoms with Gasteiger partial charge in [0.15, 0.2) is 17.9 Å². The van der Waals surface area contributed by atoms with Crippen LogP contribution in [0.1, 0.15) is 33.1 Å². The van der Waals surface area contributed by atoms with E-state index in [-0.39, 0.29) is 12.4 Å². The predicted octanol–water partition coefficient (Wildman–Crippen LogP) is 2.53. The number of anilines is 1. The van der Waals surface area contributed by atoms with Crippen molar-refractivity contribution in [2.45, 2.75) is 45.5 Å². The Kier molecular flexibility index (Phi) is 6.90. The third kappa shape index (κ3) is 5.06. The summed E-state index contributed by atoms with van der Waals surface area (Å²) in [5.74, 6) is 1.92. The molecule has 2 fully saturated rings. The highest BCUT2D eigenvalue weighted by molar-refractivity contribution is 5.52. The van der Waals surface area contributed by atoms with Crippen LogP contribution in [-0.4, -0.2) is 68.2 Å². The van der Waals surface area contributed by atoms with Crippen molar-refractivity contribution in [1.29, 1.82) is 0 Å². The molecule has 1 aromatic rings. The van der Waals surface area contributed by atoms with Gasteiger partial charge < -0.3 is 19.1 Å². The Morgan fingerprint density at radius 2 is 1.92 bits per heavy atom. The summed E-state index contributed by atoms with van der Waals surface area (Å²) in [6.07, 6.45) is 5.42. The van der Waals surface area contributed by atoms with Gasteiger partial charge in [-0.05, 0) is 45.2 Å². The molecular formula is C19H31N3O3.